The molecule has 0 aromatic carbocycles. The Morgan fingerprint density at radius 1 is 1.75 bits per heavy atom. The molecule has 3 heteroatoms. The first kappa shape index (κ1) is 8.83. The van der Waals surface area contributed by atoms with Crippen LogP contribution < -0.4 is 0 Å². The van der Waals surface area contributed by atoms with E-state index in [0.29, 0.717) is 4.88 Å². The second kappa shape index (κ2) is 9.30. The van der Waals surface area contributed by atoms with Crippen molar-refractivity contribution in [2.45, 2.75) is 0 Å². The molecule has 1 nitrogen and oxygen atoms in total. The molecule has 1 unspecified atom stereocenters. The smallest absolute Gasteiger partial charge is 0.153 e. The molecule has 4 heavy (non-hydrogen) atoms. The van der Waals surface area contributed by atoms with Crippen molar-refractivity contribution in [1.82, 2.24) is 0 Å². The average molecular weight is 166 g/mol. The summed E-state index contributed by atoms with van der Waals surface area (Å²) in [5, 5.41) is 0. The third kappa shape index (κ3) is 15.5. The van der Waals surface area contributed by atoms with Crippen LogP contribution >= 0.6 is 9.90 Å². The van der Waals surface area contributed by atoms with Crippen LogP contribution in [0.25, 0.3) is 0 Å². The predicted molar refractivity (Wildman–Crippen MR) is 17.9 cm³/mol. The van der Waals surface area contributed by atoms with Gasteiger partial charge in [-0.15, -0.1) is 0 Å². The number of hydrogen-bond acceptors (Lipinski definition) is 1. The Bertz CT molecular complexity index is 15.5. The zero-order chi connectivity index (χ0) is 2.71. The number of carbonyl (C=O) groups excluding carboxylic acids is 1. The van der Waals surface area contributed by atoms with Gasteiger partial charge in [-0.25, -0.2) is 0 Å². The summed E-state index contributed by atoms with van der Waals surface area (Å²) >= 11 is 2.04. The summed E-state index contributed by atoms with van der Waals surface area (Å²) in [6, 6.07) is 0. The van der Waals surface area contributed by atoms with E-state index in [0.717, 1.165) is 0 Å². The van der Waals surface area contributed by atoms with Crippen molar-refractivity contribution in [3.63, 3.8) is 0 Å². The fourth-order valence-electron chi connectivity index (χ4n) is 0. The third-order valence-electron chi connectivity index (χ3n) is 0. The van der Waals surface area contributed by atoms with Crippen LogP contribution in [0.5, 0.6) is 0 Å². The number of carbonyl (C=O) groups is 1. The van der Waals surface area contributed by atoms with Crippen LogP contribution in [-0.4, -0.2) is 4.88 Å². The van der Waals surface area contributed by atoms with E-state index in [4.69, 9.17) is 4.79 Å². The molecule has 0 saturated heterocycles. The minimum Gasteiger partial charge on any atom is -0.153 e. The normalized spacial score (nSPS) is 3.50. The van der Waals surface area contributed by atoms with Gasteiger partial charge in [-0.1, -0.05) is 0 Å². The average Bonchev–Trinajstić information content (AvgIpc) is 0.918. The monoisotopic (exact) mass is 166 g/mol. The van der Waals surface area contributed by atoms with Crippen molar-refractivity contribution in [2.75, 3.05) is 0 Å². The minimum absolute atomic E-state index is 0. The van der Waals surface area contributed by atoms with E-state index < -0.39 is 0 Å². The third-order valence-corrected chi connectivity index (χ3v) is 0. The van der Waals surface area contributed by atoms with Crippen molar-refractivity contribution in [3.8, 4) is 0 Å². The first-order valence-electron chi connectivity index (χ1n) is 0.428. The molecule has 0 aliphatic heterocycles. The summed E-state index contributed by atoms with van der Waals surface area (Å²) in [7, 11) is 0. The molecule has 0 N–H and O–H groups in total. The summed E-state index contributed by atoms with van der Waals surface area (Å²) < 4.78 is 0. The van der Waals surface area contributed by atoms with Crippen molar-refractivity contribution < 1.29 is 23.1 Å². The summed E-state index contributed by atoms with van der Waals surface area (Å²) in [5.74, 6) is 0. The molecule has 0 amide bonds. The van der Waals surface area contributed by atoms with E-state index in [9.17, 15) is 0 Å². The quantitative estimate of drug-likeness (QED) is 0.276. The molecule has 0 bridgehead atoms. The molecule has 0 aromatic rings. The second-order valence-electron chi connectivity index (χ2n) is 0.0786. The topological polar surface area (TPSA) is 17.1 Å². The zero-order valence-electron chi connectivity index (χ0n) is 2.03. The number of hydrogen-bond donors (Lipinski definition) is 0. The predicted octanol–water partition coefficient (Wildman–Crippen LogP) is -0.218. The molecule has 0 radical (unpaired) electrons. The van der Waals surface area contributed by atoms with Gasteiger partial charge in [-0.2, -0.15) is 9.90 Å². The summed E-state index contributed by atoms with van der Waals surface area (Å²) in [4.78, 5) is 9.40. The summed E-state index contributed by atoms with van der Waals surface area (Å²) in [5.41, 5.74) is 0. The number of rotatable bonds is 0. The van der Waals surface area contributed by atoms with Crippen molar-refractivity contribution in [2.24, 2.45) is 0 Å². The Morgan fingerprint density at radius 3 is 1.75 bits per heavy atom. The maximum atomic E-state index is 8.76. The van der Waals surface area contributed by atoms with Crippen LogP contribution in [0.3, 0.4) is 0 Å². The first-order chi connectivity index (χ1) is 1.41. The second-order valence-corrected chi connectivity index (χ2v) is 0.465. The zero-order valence-corrected chi connectivity index (χ0v) is 5.08. The van der Waals surface area contributed by atoms with Crippen molar-refractivity contribution >= 4 is 14.8 Å². The molecular weight excluding hydrogens is 162 g/mol. The van der Waals surface area contributed by atoms with Gasteiger partial charge in [-0.05, 0) is 0 Å². The fraction of sp³-hybridized carbons (Fsp3) is 0. The van der Waals surface area contributed by atoms with E-state index in [1.807, 2.05) is 18.3 Å². The molecule has 1 atom stereocenters. The van der Waals surface area contributed by atoms with E-state index in [1.165, 1.54) is 0 Å². The summed E-state index contributed by atoms with van der Waals surface area (Å²) in [6.45, 7) is 0. The van der Waals surface area contributed by atoms with E-state index >= 15 is 0 Å². The molecule has 0 heterocycles. The van der Waals surface area contributed by atoms with Crippen LogP contribution in [0.1, 0.15) is 0 Å². The van der Waals surface area contributed by atoms with Gasteiger partial charge < -0.3 is 0 Å². The van der Waals surface area contributed by atoms with Gasteiger partial charge in [-0.3, -0.25) is 0 Å². The van der Waals surface area contributed by atoms with Crippen molar-refractivity contribution in [3.05, 3.63) is 0 Å². The Balaban J connectivity index is 0. The van der Waals surface area contributed by atoms with E-state index in [-0.39, 0.29) is 9.90 Å². The van der Waals surface area contributed by atoms with Gasteiger partial charge in [0.2, 0.25) is 0 Å². The molecule has 0 spiro atoms. The van der Waals surface area contributed by atoms with E-state index in [2.05, 4.69) is 0 Å². The molecular formula is CH4OPRh. The Hall–Kier alpha value is 0.723. The Labute approximate surface area is 38.5 Å². The molecule has 0 aliphatic rings. The van der Waals surface area contributed by atoms with Crippen LogP contribution in [0.4, 0.5) is 0 Å². The van der Waals surface area contributed by atoms with Gasteiger partial charge in [0.15, 0.2) is 0 Å². The molecule has 0 aliphatic carbocycles. The summed E-state index contributed by atoms with van der Waals surface area (Å²) in [6.07, 6.45) is 0. The molecule has 0 rings (SSSR count). The van der Waals surface area contributed by atoms with Gasteiger partial charge in [0.05, 0.1) is 0 Å². The van der Waals surface area contributed by atoms with E-state index in [1.54, 1.807) is 0 Å². The molecule has 0 saturated carbocycles. The maximum absolute atomic E-state index is 8.76. The van der Waals surface area contributed by atoms with Crippen LogP contribution in [0.15, 0.2) is 0 Å². The molecule has 0 aromatic heterocycles. The van der Waals surface area contributed by atoms with Gasteiger partial charge in [0.1, 0.15) is 0 Å². The SMILES string of the molecule is O=[CH][Rh].P. The van der Waals surface area contributed by atoms with Crippen LogP contribution in [0, 0.1) is 0 Å². The standard InChI is InChI=1S/CHO.H3P.Rh/c1-2;;/h1H;1H3;. The fourth-order valence-corrected chi connectivity index (χ4v) is 0. The van der Waals surface area contributed by atoms with Crippen molar-refractivity contribution in [1.29, 1.82) is 0 Å². The minimum atomic E-state index is 0. The maximum Gasteiger partial charge on any atom is -0.153 e. The molecule has 0 fully saturated rings. The largest absolute Gasteiger partial charge is 0.153 e. The van der Waals surface area contributed by atoms with Crippen LogP contribution in [0.2, 0.25) is 0 Å². The van der Waals surface area contributed by atoms with Gasteiger partial charge in [0, 0.05) is 0 Å². The Kier molecular flexibility index (Phi) is 20.5. The Morgan fingerprint density at radius 2 is 1.75 bits per heavy atom. The molecule has 28 valence electrons. The van der Waals surface area contributed by atoms with Gasteiger partial charge in [0.25, 0.3) is 0 Å². The first-order valence-corrected chi connectivity index (χ1v) is 1.37. The van der Waals surface area contributed by atoms with Gasteiger partial charge >= 0.3 is 28.0 Å². The van der Waals surface area contributed by atoms with Crippen LogP contribution in [-0.2, 0) is 23.1 Å².